The molecule has 0 heteroatoms. The Balaban J connectivity index is 1.47. The Bertz CT molecular complexity index is 184. The average Bonchev–Trinajstić information content (AvgIpc) is 2.71. The van der Waals surface area contributed by atoms with Crippen molar-refractivity contribution < 1.29 is 0 Å². The largest absolute Gasteiger partial charge is 0.0654 e. The maximum atomic E-state index is 2.44. The third kappa shape index (κ3) is 0.554. The minimum atomic E-state index is 1.01. The predicted octanol–water partition coefficient (Wildman–Crippen LogP) is 3.22. The topological polar surface area (TPSA) is 0 Å². The van der Waals surface area contributed by atoms with Crippen LogP contribution in [0.25, 0.3) is 0 Å². The fourth-order valence-corrected chi connectivity index (χ4v) is 3.52. The average molecular weight is 150 g/mol. The highest BCUT2D eigenvalue weighted by Crippen LogP contribution is 3.10. The number of rotatable bonds is 4. The van der Waals surface area contributed by atoms with E-state index in [1.54, 1.807) is 19.3 Å². The van der Waals surface area contributed by atoms with Crippen LogP contribution in [0.3, 0.4) is 0 Å². The van der Waals surface area contributed by atoms with Crippen LogP contribution in [-0.4, -0.2) is 0 Å². The summed E-state index contributed by atoms with van der Waals surface area (Å²) < 4.78 is 0. The van der Waals surface area contributed by atoms with Gasteiger partial charge in [0.15, 0.2) is 0 Å². The molecular weight excluding hydrogens is 132 g/mol. The first-order valence-electron chi connectivity index (χ1n) is 5.25. The van der Waals surface area contributed by atoms with Gasteiger partial charge in [0.2, 0.25) is 0 Å². The van der Waals surface area contributed by atoms with Gasteiger partial charge in [-0.15, -0.1) is 0 Å². The molecule has 0 amide bonds. The molecule has 0 aromatic rings. The molecule has 0 spiro atoms. The van der Waals surface area contributed by atoms with Crippen molar-refractivity contribution in [2.75, 3.05) is 0 Å². The summed E-state index contributed by atoms with van der Waals surface area (Å²) in [7, 11) is 0. The lowest BCUT2D eigenvalue weighted by atomic mass is 9.81. The van der Waals surface area contributed by atoms with Crippen LogP contribution in [0.15, 0.2) is 0 Å². The van der Waals surface area contributed by atoms with Crippen molar-refractivity contribution in [3.05, 3.63) is 0 Å². The normalized spacial score (nSPS) is 57.8. The lowest BCUT2D eigenvalue weighted by Crippen LogP contribution is -2.14. The summed E-state index contributed by atoms with van der Waals surface area (Å²) in [6.45, 7) is 4.75. The Morgan fingerprint density at radius 3 is 2.36 bits per heavy atom. The quantitative estimate of drug-likeness (QED) is 0.577. The monoisotopic (exact) mass is 150 g/mol. The smallest absolute Gasteiger partial charge is 0.0193 e. The maximum absolute atomic E-state index is 2.44. The van der Waals surface area contributed by atoms with Gasteiger partial charge in [-0.1, -0.05) is 26.7 Å². The molecular formula is C11H18. The fraction of sp³-hybridized carbons (Fsp3) is 1.00. The molecule has 1 unspecified atom stereocenters. The minimum absolute atomic E-state index is 1.01. The van der Waals surface area contributed by atoms with Gasteiger partial charge in [0.05, 0.1) is 0 Å². The Morgan fingerprint density at radius 1 is 1.36 bits per heavy atom. The number of hydrogen-bond donors (Lipinski definition) is 0. The summed E-state index contributed by atoms with van der Waals surface area (Å²) in [6, 6.07) is 0. The minimum Gasteiger partial charge on any atom is -0.0654 e. The van der Waals surface area contributed by atoms with E-state index in [4.69, 9.17) is 0 Å². The molecule has 0 aliphatic heterocycles. The van der Waals surface area contributed by atoms with Gasteiger partial charge >= 0.3 is 0 Å². The first-order valence-corrected chi connectivity index (χ1v) is 5.25. The van der Waals surface area contributed by atoms with E-state index in [0.29, 0.717) is 0 Å². The third-order valence-electron chi connectivity index (χ3n) is 4.67. The Hall–Kier alpha value is 0. The van der Waals surface area contributed by atoms with Gasteiger partial charge in [-0.25, -0.2) is 0 Å². The van der Waals surface area contributed by atoms with E-state index < -0.39 is 0 Å². The molecule has 3 fully saturated rings. The van der Waals surface area contributed by atoms with Crippen LogP contribution in [0, 0.1) is 22.7 Å². The van der Waals surface area contributed by atoms with Crippen LogP contribution >= 0.6 is 0 Å². The van der Waals surface area contributed by atoms with Crippen molar-refractivity contribution in [1.29, 1.82) is 0 Å². The molecule has 1 atom stereocenters. The Morgan fingerprint density at radius 2 is 2.00 bits per heavy atom. The van der Waals surface area contributed by atoms with Crippen molar-refractivity contribution in [1.82, 2.24) is 0 Å². The van der Waals surface area contributed by atoms with Gasteiger partial charge < -0.3 is 0 Å². The zero-order valence-corrected chi connectivity index (χ0v) is 7.69. The molecule has 0 aromatic heterocycles. The van der Waals surface area contributed by atoms with Crippen LogP contribution in [0.1, 0.15) is 46.0 Å². The van der Waals surface area contributed by atoms with Gasteiger partial charge in [0.25, 0.3) is 0 Å². The second-order valence-electron chi connectivity index (χ2n) is 5.35. The fourth-order valence-electron chi connectivity index (χ4n) is 3.52. The van der Waals surface area contributed by atoms with E-state index in [-0.39, 0.29) is 0 Å². The van der Waals surface area contributed by atoms with Gasteiger partial charge in [-0.2, -0.15) is 0 Å². The van der Waals surface area contributed by atoms with E-state index in [2.05, 4.69) is 13.8 Å². The third-order valence-corrected chi connectivity index (χ3v) is 4.67. The lowest BCUT2D eigenvalue weighted by Gasteiger charge is -2.24. The van der Waals surface area contributed by atoms with Crippen LogP contribution in [-0.2, 0) is 0 Å². The molecule has 0 aromatic carbocycles. The highest BCUT2D eigenvalue weighted by Gasteiger charge is 3.03. The van der Waals surface area contributed by atoms with Gasteiger partial charge in [0, 0.05) is 0 Å². The highest BCUT2D eigenvalue weighted by molar-refractivity contribution is 5.51. The highest BCUT2D eigenvalue weighted by atomic mass is 15.1. The molecule has 3 saturated carbocycles. The number of hydrogen-bond acceptors (Lipinski definition) is 0. The first-order chi connectivity index (χ1) is 5.25. The molecule has 0 N–H and O–H groups in total. The molecule has 3 aliphatic rings. The maximum Gasteiger partial charge on any atom is -0.0193 e. The van der Waals surface area contributed by atoms with Gasteiger partial charge in [-0.3, -0.25) is 0 Å². The molecule has 0 heterocycles. The van der Waals surface area contributed by atoms with E-state index in [9.17, 15) is 0 Å². The standard InChI is InChI=1S/C11H18/c1-3-4-8(2)5-9-10-6-11(9,10)7-10/h8-9H,3-7H2,1-2H3. The predicted molar refractivity (Wildman–Crippen MR) is 46.3 cm³/mol. The summed E-state index contributed by atoms with van der Waals surface area (Å²) in [5, 5.41) is 0. The van der Waals surface area contributed by atoms with Crippen molar-refractivity contribution in [3.8, 4) is 0 Å². The molecule has 0 bridgehead atoms. The Labute approximate surface area is 69.4 Å². The molecule has 0 nitrogen and oxygen atoms in total. The van der Waals surface area contributed by atoms with Crippen molar-refractivity contribution >= 4 is 0 Å². The second kappa shape index (κ2) is 1.53. The summed E-state index contributed by atoms with van der Waals surface area (Å²) in [4.78, 5) is 0. The van der Waals surface area contributed by atoms with E-state index in [0.717, 1.165) is 16.7 Å². The molecule has 62 valence electrons. The molecule has 11 heavy (non-hydrogen) atoms. The summed E-state index contributed by atoms with van der Waals surface area (Å²) >= 11 is 0. The van der Waals surface area contributed by atoms with Gasteiger partial charge in [-0.05, 0) is 41.9 Å². The van der Waals surface area contributed by atoms with Crippen molar-refractivity contribution in [2.45, 2.75) is 46.0 Å². The Kier molecular flexibility index (Phi) is 0.906. The first kappa shape index (κ1) is 6.51. The van der Waals surface area contributed by atoms with Crippen LogP contribution in [0.4, 0.5) is 0 Å². The van der Waals surface area contributed by atoms with Crippen LogP contribution in [0.5, 0.6) is 0 Å². The van der Waals surface area contributed by atoms with Crippen molar-refractivity contribution in [2.24, 2.45) is 22.7 Å². The van der Waals surface area contributed by atoms with Crippen LogP contribution in [0.2, 0.25) is 0 Å². The van der Waals surface area contributed by atoms with Gasteiger partial charge in [0.1, 0.15) is 0 Å². The molecule has 3 aliphatic carbocycles. The molecule has 3 rings (SSSR count). The van der Waals surface area contributed by atoms with E-state index >= 15 is 0 Å². The van der Waals surface area contributed by atoms with E-state index in [1.165, 1.54) is 18.8 Å². The van der Waals surface area contributed by atoms with Crippen LogP contribution < -0.4 is 0 Å². The SMILES string of the molecule is CCCC(C)CC1C23CC12C3. The lowest BCUT2D eigenvalue weighted by molar-refractivity contribution is 0.261. The zero-order chi connectivity index (χ0) is 7.69. The summed E-state index contributed by atoms with van der Waals surface area (Å²) in [5.41, 5.74) is 2.02. The zero-order valence-electron chi connectivity index (χ0n) is 7.69. The summed E-state index contributed by atoms with van der Waals surface area (Å²) in [6.07, 6.45) is 7.66. The summed E-state index contributed by atoms with van der Waals surface area (Å²) in [5.74, 6) is 2.24. The molecule has 0 saturated heterocycles. The second-order valence-corrected chi connectivity index (χ2v) is 5.35. The van der Waals surface area contributed by atoms with Crippen molar-refractivity contribution in [3.63, 3.8) is 0 Å². The van der Waals surface area contributed by atoms with E-state index in [1.807, 2.05) is 0 Å². The molecule has 0 radical (unpaired) electrons.